The van der Waals surface area contributed by atoms with Gasteiger partial charge < -0.3 is 10.6 Å². The van der Waals surface area contributed by atoms with Gasteiger partial charge in [0.15, 0.2) is 0 Å². The standard InChI is InChI=1S/C17H18N4/c1-18-12-16(13-7-3-2-4-8-13)21-17-19-11-14-9-5-6-10-15(14)20-17/h2-11,16,18H,12H2,1H3,(H,19,20,21). The summed E-state index contributed by atoms with van der Waals surface area (Å²) in [5.41, 5.74) is 2.16. The average molecular weight is 278 g/mol. The monoisotopic (exact) mass is 278 g/mol. The number of aromatic nitrogens is 2. The Bertz CT molecular complexity index is 712. The Balaban J connectivity index is 1.87. The smallest absolute Gasteiger partial charge is 0.223 e. The van der Waals surface area contributed by atoms with Crippen LogP contribution < -0.4 is 10.6 Å². The van der Waals surface area contributed by atoms with Crippen molar-refractivity contribution in [3.05, 3.63) is 66.4 Å². The van der Waals surface area contributed by atoms with Crippen molar-refractivity contribution in [3.63, 3.8) is 0 Å². The highest BCUT2D eigenvalue weighted by atomic mass is 15.1. The Morgan fingerprint density at radius 3 is 2.57 bits per heavy atom. The highest BCUT2D eigenvalue weighted by Gasteiger charge is 2.11. The molecule has 0 amide bonds. The topological polar surface area (TPSA) is 49.8 Å². The maximum Gasteiger partial charge on any atom is 0.223 e. The predicted octanol–water partition coefficient (Wildman–Crippen LogP) is 3.00. The summed E-state index contributed by atoms with van der Waals surface area (Å²) in [5, 5.41) is 7.66. The lowest BCUT2D eigenvalue weighted by Gasteiger charge is -2.19. The number of hydrogen-bond donors (Lipinski definition) is 2. The van der Waals surface area contributed by atoms with Gasteiger partial charge in [-0.15, -0.1) is 0 Å². The second-order valence-corrected chi connectivity index (χ2v) is 4.92. The first-order chi connectivity index (χ1) is 10.4. The molecule has 0 aliphatic carbocycles. The molecule has 1 heterocycles. The summed E-state index contributed by atoms with van der Waals surface area (Å²) in [4.78, 5) is 8.98. The third-order valence-corrected chi connectivity index (χ3v) is 3.40. The Morgan fingerprint density at radius 1 is 1.00 bits per heavy atom. The molecule has 0 bridgehead atoms. The lowest BCUT2D eigenvalue weighted by Crippen LogP contribution is -2.24. The van der Waals surface area contributed by atoms with E-state index in [9.17, 15) is 0 Å². The maximum atomic E-state index is 4.57. The first-order valence-corrected chi connectivity index (χ1v) is 7.04. The molecule has 4 heteroatoms. The number of para-hydroxylation sites is 1. The van der Waals surface area contributed by atoms with E-state index in [1.165, 1.54) is 5.56 Å². The molecule has 21 heavy (non-hydrogen) atoms. The number of hydrogen-bond acceptors (Lipinski definition) is 4. The van der Waals surface area contributed by atoms with Crippen LogP contribution in [0.2, 0.25) is 0 Å². The maximum absolute atomic E-state index is 4.57. The van der Waals surface area contributed by atoms with Crippen molar-refractivity contribution in [1.82, 2.24) is 15.3 Å². The molecule has 0 fully saturated rings. The van der Waals surface area contributed by atoms with E-state index in [4.69, 9.17) is 0 Å². The summed E-state index contributed by atoms with van der Waals surface area (Å²) in [6.45, 7) is 0.806. The second-order valence-electron chi connectivity index (χ2n) is 4.92. The lowest BCUT2D eigenvalue weighted by atomic mass is 10.1. The lowest BCUT2D eigenvalue weighted by molar-refractivity contribution is 0.683. The predicted molar refractivity (Wildman–Crippen MR) is 86.3 cm³/mol. The largest absolute Gasteiger partial charge is 0.346 e. The number of likely N-dealkylation sites (N-methyl/N-ethyl adjacent to an activating group) is 1. The number of fused-ring (bicyclic) bond motifs is 1. The summed E-state index contributed by atoms with van der Waals surface area (Å²) in [7, 11) is 1.94. The van der Waals surface area contributed by atoms with Crippen LogP contribution in [0, 0.1) is 0 Å². The minimum absolute atomic E-state index is 0.136. The number of nitrogens with one attached hydrogen (secondary N) is 2. The van der Waals surface area contributed by atoms with Crippen LogP contribution >= 0.6 is 0 Å². The summed E-state index contributed by atoms with van der Waals surface area (Å²) in [6, 6.07) is 18.4. The number of nitrogens with zero attached hydrogens (tertiary/aromatic N) is 2. The van der Waals surface area contributed by atoms with E-state index >= 15 is 0 Å². The molecule has 0 saturated carbocycles. The summed E-state index contributed by atoms with van der Waals surface area (Å²) in [6.07, 6.45) is 1.85. The fraction of sp³-hybridized carbons (Fsp3) is 0.176. The molecule has 106 valence electrons. The molecule has 2 aromatic carbocycles. The molecule has 4 nitrogen and oxygen atoms in total. The van der Waals surface area contributed by atoms with Crippen LogP contribution in [0.4, 0.5) is 5.95 Å². The molecule has 0 aliphatic heterocycles. The molecule has 0 saturated heterocycles. The highest BCUT2D eigenvalue weighted by Crippen LogP contribution is 2.18. The molecule has 1 unspecified atom stereocenters. The average Bonchev–Trinajstić information content (AvgIpc) is 2.55. The summed E-state index contributed by atoms with van der Waals surface area (Å²) < 4.78 is 0. The first-order valence-electron chi connectivity index (χ1n) is 7.04. The molecule has 0 aliphatic rings. The van der Waals surface area contributed by atoms with Gasteiger partial charge in [0.1, 0.15) is 0 Å². The Morgan fingerprint density at radius 2 is 1.76 bits per heavy atom. The fourth-order valence-electron chi connectivity index (χ4n) is 2.34. The molecule has 3 rings (SSSR count). The number of anilines is 1. The van der Waals surface area contributed by atoms with Gasteiger partial charge in [0, 0.05) is 18.1 Å². The van der Waals surface area contributed by atoms with Gasteiger partial charge in [0.05, 0.1) is 11.6 Å². The fourth-order valence-corrected chi connectivity index (χ4v) is 2.34. The van der Waals surface area contributed by atoms with Gasteiger partial charge >= 0.3 is 0 Å². The van der Waals surface area contributed by atoms with E-state index in [0.29, 0.717) is 5.95 Å². The van der Waals surface area contributed by atoms with Gasteiger partial charge in [-0.25, -0.2) is 9.97 Å². The zero-order chi connectivity index (χ0) is 14.5. The van der Waals surface area contributed by atoms with Crippen molar-refractivity contribution in [2.75, 3.05) is 18.9 Å². The zero-order valence-electron chi connectivity index (χ0n) is 12.0. The van der Waals surface area contributed by atoms with Crippen molar-refractivity contribution in [3.8, 4) is 0 Å². The van der Waals surface area contributed by atoms with Gasteiger partial charge in [-0.2, -0.15) is 0 Å². The third kappa shape index (κ3) is 3.17. The van der Waals surface area contributed by atoms with Gasteiger partial charge in [-0.3, -0.25) is 0 Å². The third-order valence-electron chi connectivity index (χ3n) is 3.40. The molecule has 0 spiro atoms. The van der Waals surface area contributed by atoms with Crippen LogP contribution in [0.25, 0.3) is 10.9 Å². The zero-order valence-corrected chi connectivity index (χ0v) is 12.0. The highest BCUT2D eigenvalue weighted by molar-refractivity contribution is 5.78. The van der Waals surface area contributed by atoms with Crippen LogP contribution in [-0.4, -0.2) is 23.6 Å². The van der Waals surface area contributed by atoms with Crippen LogP contribution in [0.3, 0.4) is 0 Å². The summed E-state index contributed by atoms with van der Waals surface area (Å²) in [5.74, 6) is 0.651. The van der Waals surface area contributed by atoms with Crippen molar-refractivity contribution in [2.45, 2.75) is 6.04 Å². The molecular weight excluding hydrogens is 260 g/mol. The van der Waals surface area contributed by atoms with E-state index in [1.807, 2.05) is 55.7 Å². The van der Waals surface area contributed by atoms with Crippen molar-refractivity contribution in [2.24, 2.45) is 0 Å². The van der Waals surface area contributed by atoms with E-state index in [2.05, 4.69) is 32.7 Å². The molecule has 0 radical (unpaired) electrons. The van der Waals surface area contributed by atoms with Crippen molar-refractivity contribution < 1.29 is 0 Å². The van der Waals surface area contributed by atoms with Crippen molar-refractivity contribution >= 4 is 16.9 Å². The minimum Gasteiger partial charge on any atom is -0.346 e. The van der Waals surface area contributed by atoms with Crippen molar-refractivity contribution in [1.29, 1.82) is 0 Å². The van der Waals surface area contributed by atoms with E-state index in [1.54, 1.807) is 0 Å². The first kappa shape index (κ1) is 13.5. The quantitative estimate of drug-likeness (QED) is 0.753. The van der Waals surface area contributed by atoms with E-state index < -0.39 is 0 Å². The van der Waals surface area contributed by atoms with E-state index in [0.717, 1.165) is 17.4 Å². The number of rotatable bonds is 5. The number of benzene rings is 2. The Hall–Kier alpha value is -2.46. The minimum atomic E-state index is 0.136. The molecule has 1 atom stereocenters. The SMILES string of the molecule is CNCC(Nc1ncc2ccccc2n1)c1ccccc1. The van der Waals surface area contributed by atoms with Crippen LogP contribution in [0.5, 0.6) is 0 Å². The van der Waals surface area contributed by atoms with Crippen LogP contribution in [-0.2, 0) is 0 Å². The Kier molecular flexibility index (Phi) is 4.07. The molecule has 2 N–H and O–H groups in total. The van der Waals surface area contributed by atoms with Gasteiger partial charge in [0.25, 0.3) is 0 Å². The summed E-state index contributed by atoms with van der Waals surface area (Å²) >= 11 is 0. The van der Waals surface area contributed by atoms with Crippen LogP contribution in [0.15, 0.2) is 60.8 Å². The molecule has 1 aromatic heterocycles. The normalized spacial score (nSPS) is 12.2. The Labute approximate surface area is 124 Å². The van der Waals surface area contributed by atoms with E-state index in [-0.39, 0.29) is 6.04 Å². The molecule has 3 aromatic rings. The van der Waals surface area contributed by atoms with Gasteiger partial charge in [0.2, 0.25) is 5.95 Å². The van der Waals surface area contributed by atoms with Crippen LogP contribution in [0.1, 0.15) is 11.6 Å². The second kappa shape index (κ2) is 6.33. The van der Waals surface area contributed by atoms with Gasteiger partial charge in [-0.1, -0.05) is 48.5 Å². The molecular formula is C17H18N4. The van der Waals surface area contributed by atoms with Gasteiger partial charge in [-0.05, 0) is 18.7 Å².